The molecule has 2 rings (SSSR count). The molecule has 2 N–H and O–H groups in total. The van der Waals surface area contributed by atoms with E-state index in [1.54, 1.807) is 4.31 Å². The van der Waals surface area contributed by atoms with E-state index in [9.17, 15) is 13.2 Å². The Balaban J connectivity index is 1.52. The lowest BCUT2D eigenvalue weighted by Crippen LogP contribution is -2.39. The van der Waals surface area contributed by atoms with Crippen molar-refractivity contribution in [2.45, 2.75) is 51.4 Å². The first kappa shape index (κ1) is 16.7. The summed E-state index contributed by atoms with van der Waals surface area (Å²) in [5.74, 6) is 0.439. The number of nitrogens with one attached hydrogen (secondary N) is 1. The zero-order chi connectivity index (χ0) is 15.3. The van der Waals surface area contributed by atoms with Crippen LogP contribution in [0.15, 0.2) is 0 Å². The Morgan fingerprint density at radius 2 is 1.62 bits per heavy atom. The summed E-state index contributed by atoms with van der Waals surface area (Å²) in [7, 11) is -3.29. The molecule has 0 radical (unpaired) electrons. The van der Waals surface area contributed by atoms with Crippen molar-refractivity contribution in [2.24, 2.45) is 11.8 Å². The molecule has 0 bridgehead atoms. The van der Waals surface area contributed by atoms with Gasteiger partial charge in [-0.25, -0.2) is 4.72 Å². The molecule has 1 aliphatic heterocycles. The van der Waals surface area contributed by atoms with Gasteiger partial charge in [0.1, 0.15) is 0 Å². The molecule has 2 aliphatic rings. The van der Waals surface area contributed by atoms with Crippen LogP contribution in [0.2, 0.25) is 0 Å². The molecule has 0 amide bonds. The summed E-state index contributed by atoms with van der Waals surface area (Å²) in [6.45, 7) is 1.86. The Hall–Kier alpha value is -0.660. The summed E-state index contributed by atoms with van der Waals surface area (Å²) < 4.78 is 28.5. The highest BCUT2D eigenvalue weighted by Crippen LogP contribution is 2.41. The van der Waals surface area contributed by atoms with Crippen molar-refractivity contribution in [3.8, 4) is 0 Å². The van der Waals surface area contributed by atoms with Crippen molar-refractivity contribution in [3.05, 3.63) is 0 Å². The first-order valence-electron chi connectivity index (χ1n) is 7.95. The number of aliphatic carboxylic acids is 1. The quantitative estimate of drug-likeness (QED) is 0.599. The zero-order valence-corrected chi connectivity index (χ0v) is 13.3. The highest BCUT2D eigenvalue weighted by atomic mass is 32.2. The Bertz CT molecular complexity index is 440. The molecular formula is C14H26N2O4S. The van der Waals surface area contributed by atoms with Gasteiger partial charge in [0.15, 0.2) is 0 Å². The Morgan fingerprint density at radius 1 is 1.05 bits per heavy atom. The van der Waals surface area contributed by atoms with Gasteiger partial charge in [-0.05, 0) is 37.5 Å². The number of nitrogens with zero attached hydrogens (tertiary/aromatic N) is 1. The van der Waals surface area contributed by atoms with Crippen LogP contribution in [0.25, 0.3) is 0 Å². The van der Waals surface area contributed by atoms with E-state index in [0.717, 1.165) is 25.7 Å². The summed E-state index contributed by atoms with van der Waals surface area (Å²) in [5.41, 5.74) is 0. The van der Waals surface area contributed by atoms with Gasteiger partial charge in [0.25, 0.3) is 10.2 Å². The number of rotatable bonds is 10. The number of unbranched alkanes of at least 4 members (excludes halogenated alkanes) is 4. The molecule has 0 aromatic heterocycles. The van der Waals surface area contributed by atoms with Crippen molar-refractivity contribution < 1.29 is 18.3 Å². The van der Waals surface area contributed by atoms with Crippen LogP contribution in [0.1, 0.15) is 51.4 Å². The maximum absolute atomic E-state index is 12.1. The average Bonchev–Trinajstić information content (AvgIpc) is 2.68. The monoisotopic (exact) mass is 318 g/mol. The summed E-state index contributed by atoms with van der Waals surface area (Å²) in [6, 6.07) is 0. The molecule has 1 saturated carbocycles. The number of fused-ring (bicyclic) bond motifs is 1. The molecule has 1 heterocycles. The summed E-state index contributed by atoms with van der Waals surface area (Å²) in [4.78, 5) is 10.3. The molecule has 1 aliphatic carbocycles. The molecule has 1 saturated heterocycles. The van der Waals surface area contributed by atoms with Crippen LogP contribution >= 0.6 is 0 Å². The van der Waals surface area contributed by atoms with Crippen LogP contribution in [-0.4, -0.2) is 43.4 Å². The number of hydrogen-bond acceptors (Lipinski definition) is 3. The number of carbonyl (C=O) groups is 1. The SMILES string of the molecule is O=C(O)CCCCCCCNS(=O)(=O)N1C[C@H]2CC[C@H]2C1. The molecule has 6 nitrogen and oxygen atoms in total. The van der Waals surface area contributed by atoms with Gasteiger partial charge in [-0.3, -0.25) is 4.79 Å². The second kappa shape index (κ2) is 7.56. The molecule has 7 heteroatoms. The third-order valence-electron chi connectivity index (χ3n) is 4.64. The lowest BCUT2D eigenvalue weighted by Gasteiger charge is -2.27. The normalized spacial score (nSPS) is 25.5. The van der Waals surface area contributed by atoms with Crippen molar-refractivity contribution in [1.29, 1.82) is 0 Å². The van der Waals surface area contributed by atoms with Crippen LogP contribution < -0.4 is 4.72 Å². The van der Waals surface area contributed by atoms with Gasteiger partial charge in [0, 0.05) is 26.1 Å². The first-order valence-corrected chi connectivity index (χ1v) is 9.39. The van der Waals surface area contributed by atoms with Gasteiger partial charge >= 0.3 is 5.97 Å². The summed E-state index contributed by atoms with van der Waals surface area (Å²) in [6.07, 6.45) is 6.89. The van der Waals surface area contributed by atoms with Crippen LogP contribution in [0.5, 0.6) is 0 Å². The van der Waals surface area contributed by atoms with Crippen LogP contribution in [0, 0.1) is 11.8 Å². The number of carboxylic acid groups (broad SMARTS) is 1. The fourth-order valence-corrected chi connectivity index (χ4v) is 4.50. The molecule has 122 valence electrons. The number of carboxylic acids is 1. The van der Waals surface area contributed by atoms with Gasteiger partial charge in [0.05, 0.1) is 0 Å². The zero-order valence-electron chi connectivity index (χ0n) is 12.5. The molecule has 0 unspecified atom stereocenters. The van der Waals surface area contributed by atoms with Crippen molar-refractivity contribution in [2.75, 3.05) is 19.6 Å². The van der Waals surface area contributed by atoms with E-state index in [4.69, 9.17) is 5.11 Å². The van der Waals surface area contributed by atoms with Gasteiger partial charge in [-0.2, -0.15) is 12.7 Å². The molecule has 21 heavy (non-hydrogen) atoms. The lowest BCUT2D eigenvalue weighted by molar-refractivity contribution is -0.137. The minimum Gasteiger partial charge on any atom is -0.481 e. The summed E-state index contributed by atoms with van der Waals surface area (Å²) in [5, 5.41) is 8.51. The van der Waals surface area contributed by atoms with Crippen molar-refractivity contribution in [1.82, 2.24) is 9.03 Å². The standard InChI is InChI=1S/C14H26N2O4S/c17-14(18)6-4-2-1-3-5-9-15-21(19,20)16-10-12-7-8-13(12)11-16/h12-13,15H,1-11H2,(H,17,18)/t12-,13+. The molecule has 0 aromatic rings. The minimum atomic E-state index is -3.29. The van der Waals surface area contributed by atoms with E-state index in [-0.39, 0.29) is 6.42 Å². The largest absolute Gasteiger partial charge is 0.481 e. The highest BCUT2D eigenvalue weighted by Gasteiger charge is 2.43. The third-order valence-corrected chi connectivity index (χ3v) is 6.19. The molecule has 0 aromatic carbocycles. The predicted octanol–water partition coefficient (Wildman–Crippen LogP) is 1.59. The van der Waals surface area contributed by atoms with Gasteiger partial charge < -0.3 is 5.11 Å². The Morgan fingerprint density at radius 3 is 2.19 bits per heavy atom. The Kier molecular flexibility index (Phi) is 6.01. The van der Waals surface area contributed by atoms with E-state index in [1.165, 1.54) is 12.8 Å². The molecule has 0 spiro atoms. The fraction of sp³-hybridized carbons (Fsp3) is 0.929. The fourth-order valence-electron chi connectivity index (χ4n) is 3.14. The van der Waals surface area contributed by atoms with E-state index in [2.05, 4.69) is 4.72 Å². The topological polar surface area (TPSA) is 86.7 Å². The van der Waals surface area contributed by atoms with E-state index in [0.29, 0.717) is 37.9 Å². The van der Waals surface area contributed by atoms with E-state index in [1.807, 2.05) is 0 Å². The first-order chi connectivity index (χ1) is 9.99. The number of hydrogen-bond donors (Lipinski definition) is 2. The van der Waals surface area contributed by atoms with Crippen molar-refractivity contribution >= 4 is 16.2 Å². The van der Waals surface area contributed by atoms with Gasteiger partial charge in [-0.1, -0.05) is 19.3 Å². The molecule has 2 atom stereocenters. The maximum Gasteiger partial charge on any atom is 0.303 e. The highest BCUT2D eigenvalue weighted by molar-refractivity contribution is 7.87. The third kappa shape index (κ3) is 4.93. The lowest BCUT2D eigenvalue weighted by atomic mass is 9.77. The smallest absolute Gasteiger partial charge is 0.303 e. The van der Waals surface area contributed by atoms with E-state index >= 15 is 0 Å². The molecular weight excluding hydrogens is 292 g/mol. The van der Waals surface area contributed by atoms with Gasteiger partial charge in [0.2, 0.25) is 0 Å². The Labute approximate surface area is 127 Å². The maximum atomic E-state index is 12.1. The second-order valence-electron chi connectivity index (χ2n) is 6.23. The van der Waals surface area contributed by atoms with Crippen molar-refractivity contribution in [3.63, 3.8) is 0 Å². The minimum absolute atomic E-state index is 0.226. The predicted molar refractivity (Wildman–Crippen MR) is 80.0 cm³/mol. The van der Waals surface area contributed by atoms with Crippen LogP contribution in [-0.2, 0) is 15.0 Å². The molecule has 2 fully saturated rings. The van der Waals surface area contributed by atoms with Crippen LogP contribution in [0.4, 0.5) is 0 Å². The average molecular weight is 318 g/mol. The van der Waals surface area contributed by atoms with Crippen LogP contribution in [0.3, 0.4) is 0 Å². The van der Waals surface area contributed by atoms with Gasteiger partial charge in [-0.15, -0.1) is 0 Å². The van der Waals surface area contributed by atoms with E-state index < -0.39 is 16.2 Å². The second-order valence-corrected chi connectivity index (χ2v) is 7.98. The summed E-state index contributed by atoms with van der Waals surface area (Å²) >= 11 is 0.